The summed E-state index contributed by atoms with van der Waals surface area (Å²) in [5.41, 5.74) is 0.851. The van der Waals surface area contributed by atoms with Crippen molar-refractivity contribution in [2.45, 2.75) is 0 Å². The monoisotopic (exact) mass is 232 g/mol. The Kier molecular flexibility index (Phi) is 3.18. The summed E-state index contributed by atoms with van der Waals surface area (Å²) in [5, 5.41) is 0. The quantitative estimate of drug-likeness (QED) is 0.853. The smallest absolute Gasteiger partial charge is 0.229 e. The topological polar surface area (TPSA) is 49.4 Å². The molecule has 1 aromatic rings. The van der Waals surface area contributed by atoms with Gasteiger partial charge in [0.05, 0.1) is 17.6 Å². The Morgan fingerprint density at radius 1 is 1.33 bits per heavy atom. The molecule has 0 atom stereocenters. The standard InChI is InChI=1S/C9H13FN2O2S/c1-12(2)9-5-4-7(10)6-8(9)11-15(3,13)14/h4-6,11H,1-3H3. The van der Waals surface area contributed by atoms with E-state index in [1.54, 1.807) is 19.0 Å². The van der Waals surface area contributed by atoms with Crippen LogP contribution in [-0.4, -0.2) is 28.8 Å². The van der Waals surface area contributed by atoms with E-state index in [1.165, 1.54) is 12.1 Å². The van der Waals surface area contributed by atoms with Gasteiger partial charge in [-0.1, -0.05) is 0 Å². The predicted octanol–water partition coefficient (Wildman–Crippen LogP) is 1.26. The molecule has 0 heterocycles. The molecule has 6 heteroatoms. The molecule has 0 saturated heterocycles. The van der Waals surface area contributed by atoms with Gasteiger partial charge in [0.2, 0.25) is 10.0 Å². The number of hydrogen-bond donors (Lipinski definition) is 1. The van der Waals surface area contributed by atoms with Crippen LogP contribution in [0.2, 0.25) is 0 Å². The second-order valence-electron chi connectivity index (χ2n) is 3.43. The lowest BCUT2D eigenvalue weighted by Crippen LogP contribution is -2.15. The van der Waals surface area contributed by atoms with Crippen LogP contribution < -0.4 is 9.62 Å². The van der Waals surface area contributed by atoms with E-state index in [4.69, 9.17) is 0 Å². The Bertz CT molecular complexity index is 457. The van der Waals surface area contributed by atoms with E-state index in [2.05, 4.69) is 4.72 Å². The molecule has 1 aromatic carbocycles. The number of sulfonamides is 1. The van der Waals surface area contributed by atoms with Crippen molar-refractivity contribution < 1.29 is 12.8 Å². The summed E-state index contributed by atoms with van der Waals surface area (Å²) in [6.45, 7) is 0. The van der Waals surface area contributed by atoms with E-state index in [9.17, 15) is 12.8 Å². The van der Waals surface area contributed by atoms with Gasteiger partial charge in [0, 0.05) is 20.2 Å². The summed E-state index contributed by atoms with van der Waals surface area (Å²) >= 11 is 0. The minimum Gasteiger partial charge on any atom is -0.376 e. The van der Waals surface area contributed by atoms with Crippen molar-refractivity contribution in [3.8, 4) is 0 Å². The second kappa shape index (κ2) is 4.06. The maximum absolute atomic E-state index is 12.9. The van der Waals surface area contributed by atoms with Crippen LogP contribution in [0.1, 0.15) is 0 Å². The van der Waals surface area contributed by atoms with E-state index in [1.807, 2.05) is 0 Å². The zero-order valence-corrected chi connectivity index (χ0v) is 9.60. The van der Waals surface area contributed by atoms with Crippen molar-refractivity contribution in [2.75, 3.05) is 30.0 Å². The average Bonchev–Trinajstić information content (AvgIpc) is 1.99. The molecule has 0 fully saturated rings. The number of halogens is 1. The SMILES string of the molecule is CN(C)c1ccc(F)cc1NS(C)(=O)=O. The molecule has 0 unspecified atom stereocenters. The fourth-order valence-electron chi connectivity index (χ4n) is 1.18. The van der Waals surface area contributed by atoms with Gasteiger partial charge in [-0.2, -0.15) is 0 Å². The van der Waals surface area contributed by atoms with Gasteiger partial charge >= 0.3 is 0 Å². The van der Waals surface area contributed by atoms with Gasteiger partial charge in [-0.25, -0.2) is 12.8 Å². The van der Waals surface area contributed by atoms with Crippen molar-refractivity contribution in [1.29, 1.82) is 0 Å². The number of benzene rings is 1. The maximum atomic E-state index is 12.9. The summed E-state index contributed by atoms with van der Waals surface area (Å²) in [5.74, 6) is -0.480. The van der Waals surface area contributed by atoms with Gasteiger partial charge in [-0.15, -0.1) is 0 Å². The molecule has 0 aliphatic heterocycles. The van der Waals surface area contributed by atoms with Gasteiger partial charge in [-0.05, 0) is 12.1 Å². The highest BCUT2D eigenvalue weighted by molar-refractivity contribution is 7.92. The van der Waals surface area contributed by atoms with Gasteiger partial charge in [-0.3, -0.25) is 4.72 Å². The van der Waals surface area contributed by atoms with E-state index < -0.39 is 15.8 Å². The molecule has 1 N–H and O–H groups in total. The lowest BCUT2D eigenvalue weighted by molar-refractivity contribution is 0.606. The molecule has 84 valence electrons. The molecule has 4 nitrogen and oxygen atoms in total. The average molecular weight is 232 g/mol. The third-order valence-electron chi connectivity index (χ3n) is 1.74. The first-order valence-electron chi connectivity index (χ1n) is 4.24. The first-order chi connectivity index (χ1) is 6.79. The van der Waals surface area contributed by atoms with Crippen molar-refractivity contribution in [2.24, 2.45) is 0 Å². The first-order valence-corrected chi connectivity index (χ1v) is 6.13. The molecule has 0 aliphatic rings. The largest absolute Gasteiger partial charge is 0.376 e. The van der Waals surface area contributed by atoms with Crippen LogP contribution in [0, 0.1) is 5.82 Å². The lowest BCUT2D eigenvalue weighted by Gasteiger charge is -2.17. The van der Waals surface area contributed by atoms with Crippen LogP contribution in [0.15, 0.2) is 18.2 Å². The molecule has 0 spiro atoms. The molecule has 0 aromatic heterocycles. The van der Waals surface area contributed by atoms with Crippen molar-refractivity contribution >= 4 is 21.4 Å². The van der Waals surface area contributed by atoms with Crippen LogP contribution in [0.25, 0.3) is 0 Å². The van der Waals surface area contributed by atoms with Crippen LogP contribution in [0.5, 0.6) is 0 Å². The third-order valence-corrected chi connectivity index (χ3v) is 2.33. The van der Waals surface area contributed by atoms with Crippen molar-refractivity contribution in [3.63, 3.8) is 0 Å². The van der Waals surface area contributed by atoms with Gasteiger partial charge in [0.25, 0.3) is 0 Å². The van der Waals surface area contributed by atoms with Crippen LogP contribution >= 0.6 is 0 Å². The summed E-state index contributed by atoms with van der Waals surface area (Å²) in [7, 11) is 0.108. The van der Waals surface area contributed by atoms with Crippen molar-refractivity contribution in [1.82, 2.24) is 0 Å². The summed E-state index contributed by atoms with van der Waals surface area (Å²) in [6, 6.07) is 3.95. The van der Waals surface area contributed by atoms with E-state index in [0.717, 1.165) is 12.3 Å². The van der Waals surface area contributed by atoms with Gasteiger partial charge in [0.15, 0.2) is 0 Å². The molecule has 0 saturated carbocycles. The molecule has 0 aliphatic carbocycles. The third kappa shape index (κ3) is 3.39. The highest BCUT2D eigenvalue weighted by Crippen LogP contribution is 2.25. The molecular formula is C9H13FN2O2S. The zero-order valence-electron chi connectivity index (χ0n) is 8.78. The highest BCUT2D eigenvalue weighted by Gasteiger charge is 2.09. The highest BCUT2D eigenvalue weighted by atomic mass is 32.2. The number of hydrogen-bond acceptors (Lipinski definition) is 3. The molecule has 0 bridgehead atoms. The molecular weight excluding hydrogens is 219 g/mol. The van der Waals surface area contributed by atoms with Gasteiger partial charge in [0.1, 0.15) is 5.82 Å². The Hall–Kier alpha value is -1.30. The Balaban J connectivity index is 3.19. The van der Waals surface area contributed by atoms with Crippen LogP contribution in [0.4, 0.5) is 15.8 Å². The van der Waals surface area contributed by atoms with Crippen molar-refractivity contribution in [3.05, 3.63) is 24.0 Å². The summed E-state index contributed by atoms with van der Waals surface area (Å²) in [6.07, 6.45) is 1.03. The second-order valence-corrected chi connectivity index (χ2v) is 5.18. The van der Waals surface area contributed by atoms with E-state index in [-0.39, 0.29) is 5.69 Å². The molecule has 0 amide bonds. The number of nitrogens with zero attached hydrogens (tertiary/aromatic N) is 1. The van der Waals surface area contributed by atoms with E-state index >= 15 is 0 Å². The minimum atomic E-state index is -3.39. The van der Waals surface area contributed by atoms with Crippen LogP contribution in [-0.2, 0) is 10.0 Å². The lowest BCUT2D eigenvalue weighted by atomic mass is 10.2. The minimum absolute atomic E-state index is 0.238. The Morgan fingerprint density at radius 3 is 2.40 bits per heavy atom. The Labute approximate surface area is 88.8 Å². The zero-order chi connectivity index (χ0) is 11.6. The normalized spacial score (nSPS) is 11.2. The maximum Gasteiger partial charge on any atom is 0.229 e. The van der Waals surface area contributed by atoms with Crippen LogP contribution in [0.3, 0.4) is 0 Å². The molecule has 0 radical (unpaired) electrons. The predicted molar refractivity (Wildman–Crippen MR) is 59.2 cm³/mol. The Morgan fingerprint density at radius 2 is 1.93 bits per heavy atom. The summed E-state index contributed by atoms with van der Waals surface area (Å²) in [4.78, 5) is 1.70. The fraction of sp³-hybridized carbons (Fsp3) is 0.333. The number of rotatable bonds is 3. The molecule has 15 heavy (non-hydrogen) atoms. The number of anilines is 2. The number of nitrogens with one attached hydrogen (secondary N) is 1. The van der Waals surface area contributed by atoms with E-state index in [0.29, 0.717) is 5.69 Å². The first kappa shape index (κ1) is 11.8. The van der Waals surface area contributed by atoms with Gasteiger partial charge < -0.3 is 4.90 Å². The molecule has 1 rings (SSSR count). The fourth-order valence-corrected chi connectivity index (χ4v) is 1.74. The summed E-state index contributed by atoms with van der Waals surface area (Å²) < 4.78 is 37.3.